The molecule has 4 heterocycles. The standard InChI is InChI=1S/C28H24FN5O6S4/c29-14-5-6-16-18(35)10-20(44-19(16)9-14)41-8-7-13-11-42-26-22(25(37)34(26)23(13)27(38)39)32-24(36)21(17-12-43-28(30)31-17)33-40-15-3-1-2-4-15/h5-10,12,15,22,26H,1-4,11H2,(H2,30,31)(H,32,36)(H,38,39)/t22?,26-/m0/s1. The van der Waals surface area contributed by atoms with E-state index in [-0.39, 0.29) is 39.5 Å². The summed E-state index contributed by atoms with van der Waals surface area (Å²) >= 11 is 4.87. The Bertz CT molecular complexity index is 1810. The molecule has 6 rings (SSSR count). The van der Waals surface area contributed by atoms with Crippen molar-refractivity contribution in [3.05, 3.63) is 74.1 Å². The average molecular weight is 674 g/mol. The van der Waals surface area contributed by atoms with Crippen LogP contribution in [0.2, 0.25) is 0 Å². The number of nitrogens with zero attached hydrogens (tertiary/aromatic N) is 3. The van der Waals surface area contributed by atoms with Crippen molar-refractivity contribution in [1.29, 1.82) is 0 Å². The number of rotatable bonds is 9. The van der Waals surface area contributed by atoms with E-state index in [1.165, 1.54) is 59.1 Å². The third kappa shape index (κ3) is 6.11. The minimum absolute atomic E-state index is 0.106. The van der Waals surface area contributed by atoms with Gasteiger partial charge in [-0.15, -0.1) is 34.4 Å². The average Bonchev–Trinajstić information content (AvgIpc) is 3.67. The van der Waals surface area contributed by atoms with Gasteiger partial charge >= 0.3 is 5.97 Å². The molecule has 2 atom stereocenters. The molecule has 2 aromatic heterocycles. The van der Waals surface area contributed by atoms with E-state index >= 15 is 0 Å². The number of nitrogens with one attached hydrogen (secondary N) is 1. The molecule has 1 saturated carbocycles. The van der Waals surface area contributed by atoms with Gasteiger partial charge in [0, 0.05) is 27.3 Å². The molecule has 1 aromatic carbocycles. The zero-order valence-corrected chi connectivity index (χ0v) is 26.0. The van der Waals surface area contributed by atoms with Gasteiger partial charge in [-0.05, 0) is 60.9 Å². The molecule has 2 fully saturated rings. The fourth-order valence-corrected chi connectivity index (χ4v) is 8.92. The normalized spacial score (nSPS) is 20.7. The minimum atomic E-state index is -1.28. The first-order valence-corrected chi connectivity index (χ1v) is 17.1. The molecular weight excluding hydrogens is 650 g/mol. The molecule has 2 amide bonds. The van der Waals surface area contributed by atoms with Gasteiger partial charge in [0.15, 0.2) is 16.3 Å². The second-order valence-electron chi connectivity index (χ2n) is 10.1. The van der Waals surface area contributed by atoms with Crippen LogP contribution < -0.4 is 16.5 Å². The molecule has 3 aromatic rings. The van der Waals surface area contributed by atoms with Crippen molar-refractivity contribution in [2.75, 3.05) is 11.5 Å². The summed E-state index contributed by atoms with van der Waals surface area (Å²) in [5, 5.41) is 20.0. The van der Waals surface area contributed by atoms with Gasteiger partial charge in [-0.2, -0.15) is 0 Å². The lowest BCUT2D eigenvalue weighted by Gasteiger charge is -2.49. The predicted octanol–water partition coefficient (Wildman–Crippen LogP) is 4.15. The number of thiazole rings is 1. The number of carboxylic acids is 1. The van der Waals surface area contributed by atoms with Crippen molar-refractivity contribution in [3.63, 3.8) is 0 Å². The van der Waals surface area contributed by atoms with E-state index in [4.69, 9.17) is 10.6 Å². The van der Waals surface area contributed by atoms with Gasteiger partial charge in [0.1, 0.15) is 34.7 Å². The van der Waals surface area contributed by atoms with Crippen molar-refractivity contribution in [2.45, 2.75) is 47.4 Å². The fourth-order valence-electron chi connectivity index (χ4n) is 5.05. The van der Waals surface area contributed by atoms with Crippen LogP contribution in [0.25, 0.3) is 10.1 Å². The highest BCUT2D eigenvalue weighted by Crippen LogP contribution is 2.41. The molecule has 4 N–H and O–H groups in total. The number of fused-ring (bicyclic) bond motifs is 2. The summed E-state index contributed by atoms with van der Waals surface area (Å²) in [5.74, 6) is -2.72. The number of allylic oxidation sites excluding steroid dienone is 1. The summed E-state index contributed by atoms with van der Waals surface area (Å²) in [5.41, 5.74) is 5.85. The lowest BCUT2D eigenvalue weighted by atomic mass is 10.0. The number of aromatic nitrogens is 1. The van der Waals surface area contributed by atoms with Gasteiger partial charge < -0.3 is 21.0 Å². The lowest BCUT2D eigenvalue weighted by Crippen LogP contribution is -2.71. The van der Waals surface area contributed by atoms with E-state index < -0.39 is 35.0 Å². The molecule has 1 saturated heterocycles. The van der Waals surface area contributed by atoms with E-state index in [1.54, 1.807) is 16.9 Å². The topological polar surface area (TPSA) is 164 Å². The first-order chi connectivity index (χ1) is 21.2. The number of hydrogen-bond donors (Lipinski definition) is 3. The Balaban J connectivity index is 1.17. The molecule has 0 radical (unpaired) electrons. The number of thioether (sulfide) groups is 2. The van der Waals surface area contributed by atoms with E-state index in [1.807, 2.05) is 0 Å². The van der Waals surface area contributed by atoms with Crippen LogP contribution in [-0.2, 0) is 19.2 Å². The number of β-lactam (4-membered cyclic amide) rings is 1. The number of carbonyl (C=O) groups is 3. The third-order valence-electron chi connectivity index (χ3n) is 7.18. The summed E-state index contributed by atoms with van der Waals surface area (Å²) in [7, 11) is 0. The van der Waals surface area contributed by atoms with Gasteiger partial charge in [-0.1, -0.05) is 16.9 Å². The maximum atomic E-state index is 13.7. The van der Waals surface area contributed by atoms with Crippen molar-refractivity contribution >= 4 is 84.9 Å². The minimum Gasteiger partial charge on any atom is -0.477 e. The van der Waals surface area contributed by atoms with Crippen LogP contribution in [-0.4, -0.2) is 61.8 Å². The molecule has 228 valence electrons. The fraction of sp³-hybridized carbons (Fsp3) is 0.286. The Morgan fingerprint density at radius 3 is 2.77 bits per heavy atom. The molecule has 1 unspecified atom stereocenters. The molecule has 2 aliphatic heterocycles. The highest BCUT2D eigenvalue weighted by molar-refractivity contribution is 8.04. The van der Waals surface area contributed by atoms with Crippen molar-refractivity contribution in [2.24, 2.45) is 5.16 Å². The van der Waals surface area contributed by atoms with Crippen LogP contribution in [0.15, 0.2) is 66.6 Å². The summed E-state index contributed by atoms with van der Waals surface area (Å²) in [6.07, 6.45) is 5.16. The molecule has 3 aliphatic rings. The number of aliphatic carboxylic acids is 1. The van der Waals surface area contributed by atoms with Gasteiger partial charge in [-0.25, -0.2) is 14.2 Å². The SMILES string of the molecule is Nc1nc(C(=NOC2CCCC2)C(=O)NC2C(=O)N3C(C(=O)O)=C(C=CSc4cc(=O)c5ccc(F)cc5s4)CS[C@@H]23)cs1. The van der Waals surface area contributed by atoms with E-state index in [9.17, 15) is 28.7 Å². The maximum absolute atomic E-state index is 13.7. The second kappa shape index (κ2) is 12.7. The number of nitrogens with two attached hydrogens (primary N) is 1. The first kappa shape index (κ1) is 30.3. The summed E-state index contributed by atoms with van der Waals surface area (Å²) < 4.78 is 14.8. The highest BCUT2D eigenvalue weighted by Gasteiger charge is 2.54. The number of carbonyl (C=O) groups excluding carboxylic acids is 2. The number of nitrogen functional groups attached to an aromatic ring is 1. The largest absolute Gasteiger partial charge is 0.477 e. The van der Waals surface area contributed by atoms with Crippen molar-refractivity contribution in [3.8, 4) is 0 Å². The Morgan fingerprint density at radius 1 is 1.25 bits per heavy atom. The second-order valence-corrected chi connectivity index (χ2v) is 14.3. The number of anilines is 1. The molecule has 1 aliphatic carbocycles. The van der Waals surface area contributed by atoms with Gasteiger partial charge in [0.2, 0.25) is 0 Å². The quantitative estimate of drug-likeness (QED) is 0.130. The molecule has 11 nitrogen and oxygen atoms in total. The van der Waals surface area contributed by atoms with Crippen LogP contribution in [0.3, 0.4) is 0 Å². The number of halogens is 1. The Labute approximate surface area is 266 Å². The number of amides is 2. The highest BCUT2D eigenvalue weighted by atomic mass is 32.2. The van der Waals surface area contributed by atoms with Gasteiger partial charge in [0.25, 0.3) is 11.8 Å². The number of hydrogen-bond acceptors (Lipinski definition) is 12. The molecule has 0 spiro atoms. The van der Waals surface area contributed by atoms with Crippen LogP contribution in [0.5, 0.6) is 0 Å². The Morgan fingerprint density at radius 2 is 2.05 bits per heavy atom. The maximum Gasteiger partial charge on any atom is 0.352 e. The van der Waals surface area contributed by atoms with Crippen molar-refractivity contribution in [1.82, 2.24) is 15.2 Å². The summed E-state index contributed by atoms with van der Waals surface area (Å²) in [6.45, 7) is 0. The first-order valence-electron chi connectivity index (χ1n) is 13.4. The number of carboxylic acid groups (broad SMARTS) is 1. The molecular formula is C28H24FN5O6S4. The summed E-state index contributed by atoms with van der Waals surface area (Å²) in [4.78, 5) is 62.1. The zero-order chi connectivity index (χ0) is 31.0. The lowest BCUT2D eigenvalue weighted by molar-refractivity contribution is -0.150. The zero-order valence-electron chi connectivity index (χ0n) is 22.7. The predicted molar refractivity (Wildman–Crippen MR) is 169 cm³/mol. The third-order valence-corrected chi connectivity index (χ3v) is 11.2. The molecule has 16 heteroatoms. The van der Waals surface area contributed by atoms with Crippen LogP contribution in [0.4, 0.5) is 9.52 Å². The summed E-state index contributed by atoms with van der Waals surface area (Å²) in [6, 6.07) is 4.44. The van der Waals surface area contributed by atoms with Crippen molar-refractivity contribution < 1.29 is 28.7 Å². The monoisotopic (exact) mass is 673 g/mol. The van der Waals surface area contributed by atoms with E-state index in [2.05, 4.69) is 15.5 Å². The number of benzene rings is 1. The van der Waals surface area contributed by atoms with E-state index in [0.717, 1.165) is 41.9 Å². The van der Waals surface area contributed by atoms with Crippen LogP contribution in [0.1, 0.15) is 31.4 Å². The van der Waals surface area contributed by atoms with Gasteiger partial charge in [-0.3, -0.25) is 19.3 Å². The van der Waals surface area contributed by atoms with Crippen LogP contribution in [0, 0.1) is 5.82 Å². The molecule has 0 bridgehead atoms. The smallest absolute Gasteiger partial charge is 0.352 e. The number of oxime groups is 1. The Hall–Kier alpha value is -3.73. The molecule has 44 heavy (non-hydrogen) atoms. The van der Waals surface area contributed by atoms with Crippen LogP contribution >= 0.6 is 46.2 Å². The van der Waals surface area contributed by atoms with E-state index in [0.29, 0.717) is 19.9 Å². The van der Waals surface area contributed by atoms with Gasteiger partial charge in [0.05, 0.1) is 4.21 Å². The Kier molecular flexibility index (Phi) is 8.75.